The maximum atomic E-state index is 13.4. The minimum absolute atomic E-state index is 0.331. The van der Waals surface area contributed by atoms with Crippen LogP contribution in [0, 0.1) is 12.7 Å². The van der Waals surface area contributed by atoms with E-state index in [4.69, 9.17) is 12.2 Å². The number of rotatable bonds is 2. The van der Waals surface area contributed by atoms with Crippen molar-refractivity contribution in [2.24, 2.45) is 0 Å². The molecule has 0 aliphatic rings. The van der Waals surface area contributed by atoms with Crippen molar-refractivity contribution >= 4 is 22.9 Å². The average Bonchev–Trinajstić information content (AvgIpc) is 2.32. The molecule has 0 fully saturated rings. The molecule has 2 rings (SSSR count). The van der Waals surface area contributed by atoms with Crippen molar-refractivity contribution in [1.82, 2.24) is 4.98 Å². The minimum Gasteiger partial charge on any atom is -0.342 e. The predicted molar refractivity (Wildman–Crippen MR) is 70.7 cm³/mol. The Balaban J connectivity index is 2.20. The zero-order valence-corrected chi connectivity index (χ0v) is 10.1. The molecule has 0 bridgehead atoms. The molecule has 0 aliphatic carbocycles. The molecule has 0 saturated heterocycles. The molecule has 0 spiro atoms. The highest BCUT2D eigenvalue weighted by Crippen LogP contribution is 2.14. The molecule has 0 atom stereocenters. The first-order valence-corrected chi connectivity index (χ1v) is 5.57. The number of hydrogen-bond donors (Lipinski definition) is 1. The lowest BCUT2D eigenvalue weighted by atomic mass is 10.2. The van der Waals surface area contributed by atoms with E-state index in [0.29, 0.717) is 16.4 Å². The van der Waals surface area contributed by atoms with E-state index in [-0.39, 0.29) is 5.82 Å². The molecule has 1 aromatic heterocycles. The molecular formula is C13H11FN2S. The smallest absolute Gasteiger partial charge is 0.146 e. The number of thiocarbonyl (C=S) groups is 1. The fourth-order valence-corrected chi connectivity index (χ4v) is 1.64. The van der Waals surface area contributed by atoms with E-state index < -0.39 is 0 Å². The van der Waals surface area contributed by atoms with Gasteiger partial charge in [-0.3, -0.25) is 4.98 Å². The number of nitrogens with one attached hydrogen (secondary N) is 1. The first-order valence-electron chi connectivity index (χ1n) is 5.16. The molecule has 0 unspecified atom stereocenters. The summed E-state index contributed by atoms with van der Waals surface area (Å²) in [6.07, 6.45) is 0. The largest absolute Gasteiger partial charge is 0.342 e. The Morgan fingerprint density at radius 1 is 1.18 bits per heavy atom. The predicted octanol–water partition coefficient (Wildman–Crippen LogP) is 3.32. The molecule has 0 aliphatic heterocycles. The van der Waals surface area contributed by atoms with Gasteiger partial charge in [0, 0.05) is 5.69 Å². The molecule has 17 heavy (non-hydrogen) atoms. The first-order chi connectivity index (χ1) is 8.16. The van der Waals surface area contributed by atoms with Crippen molar-refractivity contribution in [3.05, 3.63) is 59.7 Å². The average molecular weight is 246 g/mol. The Hall–Kier alpha value is -1.81. The van der Waals surface area contributed by atoms with Crippen LogP contribution in [-0.4, -0.2) is 9.97 Å². The summed E-state index contributed by atoms with van der Waals surface area (Å²) in [5.41, 5.74) is 1.88. The van der Waals surface area contributed by atoms with Crippen molar-refractivity contribution < 1.29 is 4.39 Å². The number of halogens is 1. The third kappa shape index (κ3) is 2.85. The lowest BCUT2D eigenvalue weighted by Crippen LogP contribution is -2.13. The highest BCUT2D eigenvalue weighted by Gasteiger charge is 2.06. The lowest BCUT2D eigenvalue weighted by Gasteiger charge is -2.08. The van der Waals surface area contributed by atoms with E-state index >= 15 is 0 Å². The molecule has 2 aromatic rings. The standard InChI is InChI=1S/C13H11FN2S/c1-9-5-4-8-12(15-9)13(17)16-11-7-3-2-6-10(11)14/h2-8H,1H3,(H,16,17). The molecule has 2 nitrogen and oxygen atoms in total. The molecule has 86 valence electrons. The van der Waals surface area contributed by atoms with Gasteiger partial charge in [-0.05, 0) is 31.2 Å². The van der Waals surface area contributed by atoms with Crippen molar-refractivity contribution in [3.63, 3.8) is 0 Å². The van der Waals surface area contributed by atoms with Gasteiger partial charge in [-0.15, -0.1) is 0 Å². The zero-order valence-electron chi connectivity index (χ0n) is 9.27. The third-order valence-corrected chi connectivity index (χ3v) is 2.55. The summed E-state index contributed by atoms with van der Waals surface area (Å²) in [5.74, 6) is -0.331. The van der Waals surface area contributed by atoms with Crippen LogP contribution in [0.1, 0.15) is 11.4 Å². The minimum atomic E-state index is -0.331. The quantitative estimate of drug-likeness (QED) is 0.823. The molecule has 1 aromatic carbocycles. The molecule has 1 N–H and O–H groups in total. The van der Waals surface area contributed by atoms with Crippen molar-refractivity contribution in [1.29, 1.82) is 0 Å². The van der Waals surface area contributed by atoms with Gasteiger partial charge in [-0.25, -0.2) is 4.39 Å². The van der Waals surface area contributed by atoms with E-state index in [1.165, 1.54) is 6.07 Å². The van der Waals surface area contributed by atoms with Crippen LogP contribution in [0.3, 0.4) is 0 Å². The highest BCUT2D eigenvalue weighted by atomic mass is 32.1. The number of nitrogens with zero attached hydrogens (tertiary/aromatic N) is 1. The van der Waals surface area contributed by atoms with Crippen LogP contribution in [0.4, 0.5) is 10.1 Å². The Kier molecular flexibility index (Phi) is 3.44. The monoisotopic (exact) mass is 246 g/mol. The van der Waals surface area contributed by atoms with Gasteiger partial charge in [0.05, 0.1) is 11.4 Å². The zero-order chi connectivity index (χ0) is 12.3. The van der Waals surface area contributed by atoms with Crippen LogP contribution < -0.4 is 5.32 Å². The molecule has 1 heterocycles. The number of anilines is 1. The Morgan fingerprint density at radius 3 is 2.65 bits per heavy atom. The number of aryl methyl sites for hydroxylation is 1. The van der Waals surface area contributed by atoms with E-state index in [9.17, 15) is 4.39 Å². The van der Waals surface area contributed by atoms with Gasteiger partial charge in [0.1, 0.15) is 10.8 Å². The Morgan fingerprint density at radius 2 is 1.94 bits per heavy atom. The van der Waals surface area contributed by atoms with Crippen LogP contribution in [0.2, 0.25) is 0 Å². The van der Waals surface area contributed by atoms with E-state index in [0.717, 1.165) is 5.69 Å². The second-order valence-corrected chi connectivity index (χ2v) is 4.01. The van der Waals surface area contributed by atoms with Crippen LogP contribution in [-0.2, 0) is 0 Å². The van der Waals surface area contributed by atoms with Gasteiger partial charge in [-0.2, -0.15) is 0 Å². The second kappa shape index (κ2) is 5.01. The van der Waals surface area contributed by atoms with Crippen molar-refractivity contribution in [2.45, 2.75) is 6.92 Å². The van der Waals surface area contributed by atoms with Crippen molar-refractivity contribution in [2.75, 3.05) is 5.32 Å². The summed E-state index contributed by atoms with van der Waals surface area (Å²) in [4.78, 5) is 4.69. The summed E-state index contributed by atoms with van der Waals surface area (Å²) in [6, 6.07) is 11.9. The van der Waals surface area contributed by atoms with E-state index in [1.807, 2.05) is 19.1 Å². The number of para-hydroxylation sites is 1. The summed E-state index contributed by atoms with van der Waals surface area (Å²) in [5, 5.41) is 2.85. The van der Waals surface area contributed by atoms with Gasteiger partial charge in [0.2, 0.25) is 0 Å². The van der Waals surface area contributed by atoms with Gasteiger partial charge in [0.15, 0.2) is 0 Å². The molecular weight excluding hydrogens is 235 g/mol. The fourth-order valence-electron chi connectivity index (χ4n) is 1.42. The molecule has 0 saturated carbocycles. The second-order valence-electron chi connectivity index (χ2n) is 3.60. The van der Waals surface area contributed by atoms with Crippen LogP contribution >= 0.6 is 12.2 Å². The summed E-state index contributed by atoms with van der Waals surface area (Å²) in [6.45, 7) is 1.88. The summed E-state index contributed by atoms with van der Waals surface area (Å²) < 4.78 is 13.4. The van der Waals surface area contributed by atoms with Crippen LogP contribution in [0.5, 0.6) is 0 Å². The summed E-state index contributed by atoms with van der Waals surface area (Å²) >= 11 is 5.18. The maximum Gasteiger partial charge on any atom is 0.146 e. The Bertz CT molecular complexity index is 555. The number of benzene rings is 1. The van der Waals surface area contributed by atoms with Gasteiger partial charge in [-0.1, -0.05) is 30.4 Å². The maximum absolute atomic E-state index is 13.4. The van der Waals surface area contributed by atoms with Gasteiger partial charge < -0.3 is 5.32 Å². The highest BCUT2D eigenvalue weighted by molar-refractivity contribution is 7.81. The number of aromatic nitrogens is 1. The lowest BCUT2D eigenvalue weighted by molar-refractivity contribution is 0.632. The number of pyridine rings is 1. The topological polar surface area (TPSA) is 24.9 Å². The van der Waals surface area contributed by atoms with E-state index in [1.54, 1.807) is 24.3 Å². The SMILES string of the molecule is Cc1cccc(C(=S)Nc2ccccc2F)n1. The van der Waals surface area contributed by atoms with Crippen LogP contribution in [0.25, 0.3) is 0 Å². The normalized spacial score (nSPS) is 10.0. The van der Waals surface area contributed by atoms with Gasteiger partial charge >= 0.3 is 0 Å². The Labute approximate surface area is 105 Å². The first kappa shape index (κ1) is 11.7. The van der Waals surface area contributed by atoms with Crippen molar-refractivity contribution in [3.8, 4) is 0 Å². The number of hydrogen-bond acceptors (Lipinski definition) is 2. The molecule has 0 amide bonds. The van der Waals surface area contributed by atoms with Crippen LogP contribution in [0.15, 0.2) is 42.5 Å². The summed E-state index contributed by atoms with van der Waals surface area (Å²) in [7, 11) is 0. The third-order valence-electron chi connectivity index (χ3n) is 2.24. The molecule has 4 heteroatoms. The van der Waals surface area contributed by atoms with E-state index in [2.05, 4.69) is 10.3 Å². The fraction of sp³-hybridized carbons (Fsp3) is 0.0769. The molecule has 0 radical (unpaired) electrons. The van der Waals surface area contributed by atoms with Gasteiger partial charge in [0.25, 0.3) is 0 Å².